The first kappa shape index (κ1) is 24.4. The second-order valence-corrected chi connectivity index (χ2v) is 10.8. The summed E-state index contributed by atoms with van der Waals surface area (Å²) in [6.07, 6.45) is 9.04. The van der Waals surface area contributed by atoms with Gasteiger partial charge in [-0.3, -0.25) is 0 Å². The van der Waals surface area contributed by atoms with Gasteiger partial charge in [0.25, 0.3) is 0 Å². The van der Waals surface area contributed by atoms with Gasteiger partial charge in [0.15, 0.2) is 5.16 Å². The van der Waals surface area contributed by atoms with Gasteiger partial charge in [-0.25, -0.2) is 9.97 Å². The van der Waals surface area contributed by atoms with Crippen LogP contribution in [0.3, 0.4) is 0 Å². The zero-order valence-corrected chi connectivity index (χ0v) is 22.0. The molecule has 2 aliphatic rings. The lowest BCUT2D eigenvalue weighted by molar-refractivity contribution is 0.0219. The average molecular weight is 495 g/mol. The molecule has 2 aromatic heterocycles. The molecule has 4 heterocycles. The van der Waals surface area contributed by atoms with Crippen LogP contribution in [0.15, 0.2) is 41.7 Å². The topological polar surface area (TPSA) is 67.2 Å². The predicted octanol–water partition coefficient (Wildman–Crippen LogP) is 5.78. The lowest BCUT2D eigenvalue weighted by Gasteiger charge is -2.39. The number of piperidine rings is 1. The van der Waals surface area contributed by atoms with E-state index in [-0.39, 0.29) is 0 Å². The molecule has 0 spiro atoms. The van der Waals surface area contributed by atoms with Crippen molar-refractivity contribution in [2.45, 2.75) is 56.8 Å². The highest BCUT2D eigenvalue weighted by molar-refractivity contribution is 7.98. The van der Waals surface area contributed by atoms with Crippen LogP contribution in [-0.2, 0) is 4.74 Å². The normalized spacial score (nSPS) is 18.4. The van der Waals surface area contributed by atoms with Gasteiger partial charge in [0, 0.05) is 60.7 Å². The van der Waals surface area contributed by atoms with Gasteiger partial charge < -0.3 is 24.8 Å². The van der Waals surface area contributed by atoms with Crippen LogP contribution in [0.4, 0.5) is 17.3 Å². The number of likely N-dealkylation sites (tertiary alicyclic amines) is 1. The summed E-state index contributed by atoms with van der Waals surface area (Å²) in [6, 6.07) is 11.9. The summed E-state index contributed by atoms with van der Waals surface area (Å²) in [5.74, 6) is 2.40. The van der Waals surface area contributed by atoms with E-state index in [2.05, 4.69) is 64.4 Å². The molecule has 0 unspecified atom stereocenters. The van der Waals surface area contributed by atoms with Crippen molar-refractivity contribution in [2.75, 3.05) is 49.7 Å². The predicted molar refractivity (Wildman–Crippen MR) is 146 cm³/mol. The Kier molecular flexibility index (Phi) is 7.80. The monoisotopic (exact) mass is 494 g/mol. The summed E-state index contributed by atoms with van der Waals surface area (Å²) >= 11 is 1.57. The first-order valence-electron chi connectivity index (χ1n) is 13.0. The summed E-state index contributed by atoms with van der Waals surface area (Å²) in [7, 11) is 0. The Morgan fingerprint density at radius 2 is 1.80 bits per heavy atom. The molecule has 8 heteroatoms. The van der Waals surface area contributed by atoms with E-state index >= 15 is 0 Å². The van der Waals surface area contributed by atoms with E-state index in [9.17, 15) is 0 Å². The largest absolute Gasteiger partial charge is 0.381 e. The second kappa shape index (κ2) is 11.2. The Balaban J connectivity index is 1.20. The molecule has 5 rings (SSSR count). The molecule has 0 atom stereocenters. The maximum atomic E-state index is 5.54. The zero-order chi connectivity index (χ0) is 24.2. The molecule has 2 fully saturated rings. The van der Waals surface area contributed by atoms with E-state index in [1.165, 1.54) is 49.7 Å². The van der Waals surface area contributed by atoms with Crippen molar-refractivity contribution < 1.29 is 4.74 Å². The van der Waals surface area contributed by atoms with Gasteiger partial charge >= 0.3 is 0 Å². The Morgan fingerprint density at radius 1 is 1.03 bits per heavy atom. The van der Waals surface area contributed by atoms with E-state index in [4.69, 9.17) is 14.7 Å². The number of ether oxygens (including phenoxy) is 1. The number of hydrogen-bond donors (Lipinski definition) is 2. The van der Waals surface area contributed by atoms with Crippen LogP contribution >= 0.6 is 11.8 Å². The molecule has 1 aromatic carbocycles. The Morgan fingerprint density at radius 3 is 2.54 bits per heavy atom. The van der Waals surface area contributed by atoms with Crippen LogP contribution in [0, 0.1) is 5.92 Å². The molecule has 3 aromatic rings. The molecular weight excluding hydrogens is 456 g/mol. The molecule has 0 saturated carbocycles. The zero-order valence-electron chi connectivity index (χ0n) is 21.2. The van der Waals surface area contributed by atoms with Gasteiger partial charge in [0.2, 0.25) is 0 Å². The lowest BCUT2D eigenvalue weighted by atomic mass is 9.94. The maximum Gasteiger partial charge on any atom is 0.191 e. The first-order chi connectivity index (χ1) is 17.1. The molecule has 2 aliphatic heterocycles. The van der Waals surface area contributed by atoms with E-state index < -0.39 is 0 Å². The maximum absolute atomic E-state index is 5.54. The Hall–Kier alpha value is -2.29. The second-order valence-electron chi connectivity index (χ2n) is 10.0. The average Bonchev–Trinajstić information content (AvgIpc) is 3.32. The van der Waals surface area contributed by atoms with Crippen molar-refractivity contribution in [3.63, 3.8) is 0 Å². The number of nitrogens with zero attached hydrogens (tertiary/aromatic N) is 4. The van der Waals surface area contributed by atoms with Crippen LogP contribution in [0.25, 0.3) is 10.9 Å². The summed E-state index contributed by atoms with van der Waals surface area (Å²) in [4.78, 5) is 12.1. The van der Waals surface area contributed by atoms with Crippen LogP contribution in [-0.4, -0.2) is 64.6 Å². The minimum Gasteiger partial charge on any atom is -0.381 e. The first-order valence-corrected chi connectivity index (χ1v) is 14.2. The summed E-state index contributed by atoms with van der Waals surface area (Å²) < 4.78 is 7.83. The fourth-order valence-corrected chi connectivity index (χ4v) is 5.71. The quantitative estimate of drug-likeness (QED) is 0.304. The summed E-state index contributed by atoms with van der Waals surface area (Å²) in [6.45, 7) is 9.62. The van der Waals surface area contributed by atoms with Crippen molar-refractivity contribution in [1.82, 2.24) is 19.4 Å². The number of rotatable bonds is 8. The Bertz CT molecular complexity index is 1120. The molecule has 0 amide bonds. The fraction of sp³-hybridized carbons (Fsp3) is 0.556. The van der Waals surface area contributed by atoms with Crippen molar-refractivity contribution in [1.29, 1.82) is 0 Å². The van der Waals surface area contributed by atoms with Crippen molar-refractivity contribution >= 4 is 40.0 Å². The molecular formula is C27H38N6OS. The van der Waals surface area contributed by atoms with E-state index in [1.54, 1.807) is 11.8 Å². The number of thioether (sulfide) groups is 1. The van der Waals surface area contributed by atoms with Gasteiger partial charge in [-0.15, -0.1) is 0 Å². The van der Waals surface area contributed by atoms with Gasteiger partial charge in [0.05, 0.1) is 0 Å². The minimum atomic E-state index is 0.444. The highest BCUT2D eigenvalue weighted by Crippen LogP contribution is 2.27. The number of nitrogens with one attached hydrogen (secondary N) is 2. The number of anilines is 3. The van der Waals surface area contributed by atoms with E-state index in [0.29, 0.717) is 12.0 Å². The van der Waals surface area contributed by atoms with Gasteiger partial charge in [-0.05, 0) is 89.1 Å². The van der Waals surface area contributed by atoms with Crippen LogP contribution < -0.4 is 10.6 Å². The molecule has 188 valence electrons. The highest BCUT2D eigenvalue weighted by Gasteiger charge is 2.26. The number of benzene rings is 1. The fourth-order valence-electron chi connectivity index (χ4n) is 5.33. The standard InChI is InChI=1S/C27H38N6OS/c1-19(2)33-13-8-21-16-22(4-5-24(21)33)29-26-17-25(30-27(31-26)35-3)28-18-20-6-11-32(12-7-20)23-9-14-34-15-10-23/h4-5,8,13,16-17,19-20,23H,6-7,9-12,14-15,18H2,1-3H3,(H2,28,29,30,31). The molecule has 0 aliphatic carbocycles. The summed E-state index contributed by atoms with van der Waals surface area (Å²) in [5.41, 5.74) is 2.29. The third kappa shape index (κ3) is 5.93. The van der Waals surface area contributed by atoms with E-state index in [1.807, 2.05) is 12.3 Å². The smallest absolute Gasteiger partial charge is 0.191 e. The van der Waals surface area contributed by atoms with Crippen molar-refractivity contribution in [2.24, 2.45) is 5.92 Å². The Labute approximate surface area is 213 Å². The molecule has 0 bridgehead atoms. The molecule has 0 radical (unpaired) electrons. The van der Waals surface area contributed by atoms with Crippen LogP contribution in [0.5, 0.6) is 0 Å². The summed E-state index contributed by atoms with van der Waals surface area (Å²) in [5, 5.41) is 9.11. The van der Waals surface area contributed by atoms with Gasteiger partial charge in [-0.1, -0.05) is 11.8 Å². The number of aromatic nitrogens is 3. The van der Waals surface area contributed by atoms with Gasteiger partial charge in [-0.2, -0.15) is 0 Å². The number of fused-ring (bicyclic) bond motifs is 1. The van der Waals surface area contributed by atoms with E-state index in [0.717, 1.165) is 48.3 Å². The molecule has 7 nitrogen and oxygen atoms in total. The van der Waals surface area contributed by atoms with Gasteiger partial charge in [0.1, 0.15) is 11.6 Å². The molecule has 35 heavy (non-hydrogen) atoms. The number of hydrogen-bond acceptors (Lipinski definition) is 7. The highest BCUT2D eigenvalue weighted by atomic mass is 32.2. The van der Waals surface area contributed by atoms with Crippen LogP contribution in [0.1, 0.15) is 45.6 Å². The molecule has 2 saturated heterocycles. The van der Waals surface area contributed by atoms with Crippen molar-refractivity contribution in [3.05, 3.63) is 36.5 Å². The minimum absolute atomic E-state index is 0.444. The van der Waals surface area contributed by atoms with Crippen LogP contribution in [0.2, 0.25) is 0 Å². The third-order valence-corrected chi connectivity index (χ3v) is 7.91. The third-order valence-electron chi connectivity index (χ3n) is 7.37. The SMILES string of the molecule is CSc1nc(NCC2CCN(C3CCOCC3)CC2)cc(Nc2ccc3c(ccn3C(C)C)c2)n1. The van der Waals surface area contributed by atoms with Crippen molar-refractivity contribution in [3.8, 4) is 0 Å². The lowest BCUT2D eigenvalue weighted by Crippen LogP contribution is -2.44. The molecule has 2 N–H and O–H groups in total.